The zero-order valence-corrected chi connectivity index (χ0v) is 16.2. The number of carbonyl (C=O) groups is 3. The van der Waals surface area contributed by atoms with Gasteiger partial charge in [0, 0.05) is 11.6 Å². The maximum absolute atomic E-state index is 12.3. The summed E-state index contributed by atoms with van der Waals surface area (Å²) in [5.41, 5.74) is 0.215. The van der Waals surface area contributed by atoms with Crippen LogP contribution in [-0.4, -0.2) is 58.3 Å². The van der Waals surface area contributed by atoms with E-state index in [9.17, 15) is 14.4 Å². The van der Waals surface area contributed by atoms with Gasteiger partial charge in [0.15, 0.2) is 18.1 Å². The minimum atomic E-state index is -0.727. The van der Waals surface area contributed by atoms with E-state index < -0.39 is 24.4 Å². The Bertz CT molecular complexity index is 651. The third-order valence-electron chi connectivity index (χ3n) is 3.70. The van der Waals surface area contributed by atoms with Crippen molar-refractivity contribution in [1.82, 2.24) is 10.6 Å². The minimum absolute atomic E-state index is 0.00376. The van der Waals surface area contributed by atoms with Crippen LogP contribution in [0, 0.1) is 0 Å². The molecule has 0 aromatic heterocycles. The number of methoxy groups -OCH3 is 3. The zero-order chi connectivity index (χ0) is 20.4. The standard InChI is InChI=1S/C18H26N2O7/c1-6-11(2)20-15(21)10-27-16(22)9-19-18(23)12-7-13(24-3)17(26-5)14(8-12)25-4/h7-8,11H,6,9-10H2,1-5H3,(H,19,23)(H,20,21)/t11-/m1/s1. The van der Waals surface area contributed by atoms with Gasteiger partial charge >= 0.3 is 5.97 Å². The molecule has 0 aliphatic heterocycles. The molecule has 0 bridgehead atoms. The number of hydrogen-bond acceptors (Lipinski definition) is 7. The topological polar surface area (TPSA) is 112 Å². The van der Waals surface area contributed by atoms with Gasteiger partial charge in [-0.05, 0) is 25.5 Å². The van der Waals surface area contributed by atoms with Gasteiger partial charge in [-0.2, -0.15) is 0 Å². The van der Waals surface area contributed by atoms with Crippen LogP contribution in [0.4, 0.5) is 0 Å². The first-order valence-corrected chi connectivity index (χ1v) is 8.39. The highest BCUT2D eigenvalue weighted by Gasteiger charge is 2.18. The van der Waals surface area contributed by atoms with Gasteiger partial charge in [-0.3, -0.25) is 14.4 Å². The summed E-state index contributed by atoms with van der Waals surface area (Å²) in [5, 5.41) is 5.09. The monoisotopic (exact) mass is 382 g/mol. The highest BCUT2D eigenvalue weighted by atomic mass is 16.5. The molecule has 0 heterocycles. The number of benzene rings is 1. The Kier molecular flexibility index (Phi) is 8.91. The normalized spacial score (nSPS) is 11.1. The van der Waals surface area contributed by atoms with Crippen molar-refractivity contribution in [1.29, 1.82) is 0 Å². The minimum Gasteiger partial charge on any atom is -0.493 e. The van der Waals surface area contributed by atoms with Crippen LogP contribution in [0.1, 0.15) is 30.6 Å². The lowest BCUT2D eigenvalue weighted by atomic mass is 10.1. The smallest absolute Gasteiger partial charge is 0.325 e. The van der Waals surface area contributed by atoms with Gasteiger partial charge in [-0.25, -0.2) is 0 Å². The molecule has 0 saturated carbocycles. The van der Waals surface area contributed by atoms with E-state index in [0.717, 1.165) is 6.42 Å². The van der Waals surface area contributed by atoms with Crippen molar-refractivity contribution < 1.29 is 33.3 Å². The summed E-state index contributed by atoms with van der Waals surface area (Å²) in [6.07, 6.45) is 0.768. The van der Waals surface area contributed by atoms with E-state index in [0.29, 0.717) is 17.2 Å². The molecule has 2 N–H and O–H groups in total. The summed E-state index contributed by atoms with van der Waals surface area (Å²) in [6, 6.07) is 2.92. The Labute approximate surface area is 158 Å². The van der Waals surface area contributed by atoms with Gasteiger partial charge in [-0.1, -0.05) is 6.92 Å². The maximum atomic E-state index is 12.3. The van der Waals surface area contributed by atoms with Gasteiger partial charge in [0.05, 0.1) is 21.3 Å². The maximum Gasteiger partial charge on any atom is 0.325 e. The first-order chi connectivity index (χ1) is 12.9. The molecule has 1 aromatic rings. The molecule has 1 atom stereocenters. The molecule has 27 heavy (non-hydrogen) atoms. The molecule has 2 amide bonds. The van der Waals surface area contributed by atoms with Gasteiger partial charge in [0.2, 0.25) is 5.75 Å². The number of carbonyl (C=O) groups excluding carboxylic acids is 3. The van der Waals surface area contributed by atoms with Crippen molar-refractivity contribution in [2.75, 3.05) is 34.5 Å². The summed E-state index contributed by atoms with van der Waals surface area (Å²) in [6.45, 7) is 2.99. The molecule has 0 saturated heterocycles. The molecule has 150 valence electrons. The second-order valence-electron chi connectivity index (χ2n) is 5.63. The van der Waals surface area contributed by atoms with E-state index in [1.165, 1.54) is 33.5 Å². The summed E-state index contributed by atoms with van der Waals surface area (Å²) in [7, 11) is 4.31. The summed E-state index contributed by atoms with van der Waals surface area (Å²) in [4.78, 5) is 35.5. The summed E-state index contributed by atoms with van der Waals surface area (Å²) in [5.74, 6) is -0.681. The van der Waals surface area contributed by atoms with Crippen molar-refractivity contribution in [3.8, 4) is 17.2 Å². The molecule has 0 aliphatic carbocycles. The van der Waals surface area contributed by atoms with Crippen LogP contribution in [0.2, 0.25) is 0 Å². The van der Waals surface area contributed by atoms with Crippen molar-refractivity contribution in [2.45, 2.75) is 26.3 Å². The number of ether oxygens (including phenoxy) is 4. The van der Waals surface area contributed by atoms with Crippen molar-refractivity contribution in [3.63, 3.8) is 0 Å². The highest BCUT2D eigenvalue weighted by molar-refractivity contribution is 5.97. The van der Waals surface area contributed by atoms with Crippen LogP contribution >= 0.6 is 0 Å². The van der Waals surface area contributed by atoms with Crippen LogP contribution in [0.25, 0.3) is 0 Å². The molecule has 1 aromatic carbocycles. The molecule has 0 aliphatic rings. The van der Waals surface area contributed by atoms with Crippen molar-refractivity contribution in [2.24, 2.45) is 0 Å². The first-order valence-electron chi connectivity index (χ1n) is 8.39. The fourth-order valence-electron chi connectivity index (χ4n) is 2.08. The quantitative estimate of drug-likeness (QED) is 0.578. The second-order valence-corrected chi connectivity index (χ2v) is 5.63. The molecule has 1 rings (SSSR count). The van der Waals surface area contributed by atoms with E-state index in [4.69, 9.17) is 18.9 Å². The van der Waals surface area contributed by atoms with E-state index in [1.54, 1.807) is 0 Å². The van der Waals surface area contributed by atoms with Gasteiger partial charge in [0.1, 0.15) is 6.54 Å². The molecule has 9 heteroatoms. The number of hydrogen-bond donors (Lipinski definition) is 2. The van der Waals surface area contributed by atoms with Crippen LogP contribution in [0.3, 0.4) is 0 Å². The highest BCUT2D eigenvalue weighted by Crippen LogP contribution is 2.38. The molecule has 0 spiro atoms. The lowest BCUT2D eigenvalue weighted by Crippen LogP contribution is -2.37. The number of esters is 1. The fraction of sp³-hybridized carbons (Fsp3) is 0.500. The third-order valence-corrected chi connectivity index (χ3v) is 3.70. The van der Waals surface area contributed by atoms with Gasteiger partial charge in [0.25, 0.3) is 11.8 Å². The Morgan fingerprint density at radius 3 is 2.11 bits per heavy atom. The Morgan fingerprint density at radius 2 is 1.63 bits per heavy atom. The van der Waals surface area contributed by atoms with Crippen LogP contribution < -0.4 is 24.8 Å². The second kappa shape index (κ2) is 10.9. The average Bonchev–Trinajstić information content (AvgIpc) is 2.68. The van der Waals surface area contributed by atoms with E-state index >= 15 is 0 Å². The molecule has 0 fully saturated rings. The lowest BCUT2D eigenvalue weighted by molar-refractivity contribution is -0.147. The van der Waals surface area contributed by atoms with Crippen LogP contribution in [0.15, 0.2) is 12.1 Å². The Balaban J connectivity index is 2.61. The molecule has 9 nitrogen and oxygen atoms in total. The van der Waals surface area contributed by atoms with E-state index in [2.05, 4.69) is 10.6 Å². The van der Waals surface area contributed by atoms with Crippen LogP contribution in [-0.2, 0) is 14.3 Å². The van der Waals surface area contributed by atoms with Crippen molar-refractivity contribution in [3.05, 3.63) is 17.7 Å². The number of nitrogens with one attached hydrogen (secondary N) is 2. The average molecular weight is 382 g/mol. The Hall–Kier alpha value is -2.97. The van der Waals surface area contributed by atoms with Crippen molar-refractivity contribution >= 4 is 17.8 Å². The van der Waals surface area contributed by atoms with Gasteiger partial charge in [-0.15, -0.1) is 0 Å². The third kappa shape index (κ3) is 6.69. The largest absolute Gasteiger partial charge is 0.493 e. The molecular weight excluding hydrogens is 356 g/mol. The summed E-state index contributed by atoms with van der Waals surface area (Å²) < 4.78 is 20.4. The fourth-order valence-corrected chi connectivity index (χ4v) is 2.08. The SMILES string of the molecule is CC[C@@H](C)NC(=O)COC(=O)CNC(=O)c1cc(OC)c(OC)c(OC)c1. The predicted molar refractivity (Wildman–Crippen MR) is 97.3 cm³/mol. The first kappa shape index (κ1) is 22.1. The predicted octanol–water partition coefficient (Wildman–Crippen LogP) is 0.900. The summed E-state index contributed by atoms with van der Waals surface area (Å²) >= 11 is 0. The van der Waals surface area contributed by atoms with Crippen LogP contribution in [0.5, 0.6) is 17.2 Å². The Morgan fingerprint density at radius 1 is 1.04 bits per heavy atom. The number of amides is 2. The molecule has 0 unspecified atom stereocenters. The lowest BCUT2D eigenvalue weighted by Gasteiger charge is -2.14. The number of rotatable bonds is 10. The zero-order valence-electron chi connectivity index (χ0n) is 16.2. The van der Waals surface area contributed by atoms with E-state index in [1.807, 2.05) is 13.8 Å². The van der Waals surface area contributed by atoms with Gasteiger partial charge < -0.3 is 29.6 Å². The molecular formula is C18H26N2O7. The van der Waals surface area contributed by atoms with E-state index in [-0.39, 0.29) is 18.2 Å². The molecule has 0 radical (unpaired) electrons.